The van der Waals surface area contributed by atoms with Crippen LogP contribution in [-0.2, 0) is 4.79 Å². The second-order valence-corrected chi connectivity index (χ2v) is 5.51. The Morgan fingerprint density at radius 2 is 2.00 bits per heavy atom. The van der Waals surface area contributed by atoms with E-state index in [-0.39, 0.29) is 5.57 Å². The SMILES string of the molecule is COc1cccc(NC(=O)/C(C#N)=C/c2ccc(SC)cc2)c1. The molecule has 0 heterocycles. The van der Waals surface area contributed by atoms with Crippen molar-refractivity contribution in [1.82, 2.24) is 0 Å². The lowest BCUT2D eigenvalue weighted by molar-refractivity contribution is -0.112. The summed E-state index contributed by atoms with van der Waals surface area (Å²) in [7, 11) is 1.56. The summed E-state index contributed by atoms with van der Waals surface area (Å²) in [5.41, 5.74) is 1.43. The largest absolute Gasteiger partial charge is 0.497 e. The standard InChI is InChI=1S/C18H16N2O2S/c1-22-16-5-3-4-15(11-16)20-18(21)14(12-19)10-13-6-8-17(23-2)9-7-13/h3-11H,1-2H3,(H,20,21)/b14-10+. The van der Waals surface area contributed by atoms with E-state index in [9.17, 15) is 10.1 Å². The van der Waals surface area contributed by atoms with Gasteiger partial charge in [0.15, 0.2) is 0 Å². The number of rotatable bonds is 5. The van der Waals surface area contributed by atoms with Gasteiger partial charge in [-0.2, -0.15) is 5.26 Å². The molecule has 1 N–H and O–H groups in total. The minimum Gasteiger partial charge on any atom is -0.497 e. The van der Waals surface area contributed by atoms with E-state index < -0.39 is 5.91 Å². The van der Waals surface area contributed by atoms with Crippen molar-refractivity contribution in [2.75, 3.05) is 18.7 Å². The second-order valence-electron chi connectivity index (χ2n) is 4.63. The summed E-state index contributed by atoms with van der Waals surface area (Å²) in [6.07, 6.45) is 3.56. The third-order valence-corrected chi connectivity index (χ3v) is 3.86. The summed E-state index contributed by atoms with van der Waals surface area (Å²) in [5, 5.41) is 11.9. The van der Waals surface area contributed by atoms with Crippen molar-refractivity contribution in [3.63, 3.8) is 0 Å². The van der Waals surface area contributed by atoms with Crippen LogP contribution in [0.4, 0.5) is 5.69 Å². The van der Waals surface area contributed by atoms with E-state index >= 15 is 0 Å². The molecular weight excluding hydrogens is 308 g/mol. The molecule has 0 aliphatic heterocycles. The number of nitriles is 1. The summed E-state index contributed by atoms with van der Waals surface area (Å²) >= 11 is 1.64. The average molecular weight is 324 g/mol. The van der Waals surface area contributed by atoms with Crippen molar-refractivity contribution in [2.24, 2.45) is 0 Å². The Kier molecular flexibility index (Phi) is 5.84. The average Bonchev–Trinajstić information content (AvgIpc) is 2.60. The van der Waals surface area contributed by atoms with E-state index in [4.69, 9.17) is 4.74 Å². The Bertz CT molecular complexity index is 761. The Morgan fingerprint density at radius 3 is 2.61 bits per heavy atom. The lowest BCUT2D eigenvalue weighted by atomic mass is 10.1. The number of anilines is 1. The van der Waals surface area contributed by atoms with Crippen LogP contribution >= 0.6 is 11.8 Å². The number of hydrogen-bond donors (Lipinski definition) is 1. The zero-order valence-corrected chi connectivity index (χ0v) is 13.7. The van der Waals surface area contributed by atoms with Crippen LogP contribution in [0.15, 0.2) is 59.0 Å². The van der Waals surface area contributed by atoms with Gasteiger partial charge in [0, 0.05) is 16.6 Å². The molecule has 0 saturated carbocycles. The highest BCUT2D eigenvalue weighted by Gasteiger charge is 2.10. The van der Waals surface area contributed by atoms with Crippen LogP contribution in [-0.4, -0.2) is 19.3 Å². The first-order valence-electron chi connectivity index (χ1n) is 6.87. The highest BCUT2D eigenvalue weighted by atomic mass is 32.2. The fourth-order valence-corrected chi connectivity index (χ4v) is 2.32. The molecule has 5 heteroatoms. The maximum Gasteiger partial charge on any atom is 0.266 e. The molecule has 0 atom stereocenters. The molecule has 4 nitrogen and oxygen atoms in total. The van der Waals surface area contributed by atoms with Crippen LogP contribution < -0.4 is 10.1 Å². The fraction of sp³-hybridized carbons (Fsp3) is 0.111. The van der Waals surface area contributed by atoms with Gasteiger partial charge in [-0.1, -0.05) is 18.2 Å². The molecule has 0 bridgehead atoms. The fourth-order valence-electron chi connectivity index (χ4n) is 1.91. The number of hydrogen-bond acceptors (Lipinski definition) is 4. The number of benzene rings is 2. The molecule has 0 spiro atoms. The number of nitrogens with zero attached hydrogens (tertiary/aromatic N) is 1. The first-order chi connectivity index (χ1) is 11.2. The molecule has 0 fully saturated rings. The smallest absolute Gasteiger partial charge is 0.266 e. The van der Waals surface area contributed by atoms with Crippen molar-refractivity contribution in [1.29, 1.82) is 5.26 Å². The van der Waals surface area contributed by atoms with Gasteiger partial charge in [-0.3, -0.25) is 4.79 Å². The van der Waals surface area contributed by atoms with Crippen LogP contribution in [0, 0.1) is 11.3 Å². The van der Waals surface area contributed by atoms with Gasteiger partial charge in [-0.15, -0.1) is 11.8 Å². The van der Waals surface area contributed by atoms with E-state index in [0.717, 1.165) is 10.5 Å². The molecule has 23 heavy (non-hydrogen) atoms. The zero-order chi connectivity index (χ0) is 16.7. The van der Waals surface area contributed by atoms with Crippen molar-refractivity contribution in [3.8, 4) is 11.8 Å². The third-order valence-electron chi connectivity index (χ3n) is 3.12. The third kappa shape index (κ3) is 4.63. The van der Waals surface area contributed by atoms with Crippen molar-refractivity contribution in [3.05, 3.63) is 59.7 Å². The minimum atomic E-state index is -0.449. The van der Waals surface area contributed by atoms with Crippen LogP contribution in [0.3, 0.4) is 0 Å². The molecular formula is C18H16N2O2S. The van der Waals surface area contributed by atoms with Crippen molar-refractivity contribution >= 4 is 29.4 Å². The Labute approximate surface area is 139 Å². The molecule has 2 aromatic rings. The Balaban J connectivity index is 2.17. The number of carbonyl (C=O) groups excluding carboxylic acids is 1. The van der Waals surface area contributed by atoms with Crippen LogP contribution in [0.1, 0.15) is 5.56 Å². The van der Waals surface area contributed by atoms with Crippen molar-refractivity contribution < 1.29 is 9.53 Å². The van der Waals surface area contributed by atoms with E-state index in [2.05, 4.69) is 5.32 Å². The normalized spacial score (nSPS) is 10.7. The molecule has 0 aromatic heterocycles. The lowest BCUT2D eigenvalue weighted by Crippen LogP contribution is -2.13. The lowest BCUT2D eigenvalue weighted by Gasteiger charge is -2.06. The maximum absolute atomic E-state index is 12.2. The van der Waals surface area contributed by atoms with E-state index in [1.807, 2.05) is 36.6 Å². The number of methoxy groups -OCH3 is 1. The Morgan fingerprint density at radius 1 is 1.26 bits per heavy atom. The topological polar surface area (TPSA) is 62.1 Å². The first kappa shape index (κ1) is 16.7. The molecule has 0 aliphatic rings. The second kappa shape index (κ2) is 8.06. The van der Waals surface area contributed by atoms with Gasteiger partial charge in [-0.05, 0) is 42.2 Å². The van der Waals surface area contributed by atoms with E-state index in [0.29, 0.717) is 11.4 Å². The number of thioether (sulfide) groups is 1. The first-order valence-corrected chi connectivity index (χ1v) is 8.10. The molecule has 2 aromatic carbocycles. The van der Waals surface area contributed by atoms with Gasteiger partial charge in [0.1, 0.15) is 17.4 Å². The monoisotopic (exact) mass is 324 g/mol. The van der Waals surface area contributed by atoms with Gasteiger partial charge in [0.2, 0.25) is 0 Å². The van der Waals surface area contributed by atoms with Crippen molar-refractivity contribution in [2.45, 2.75) is 4.90 Å². The molecule has 0 unspecified atom stereocenters. The van der Waals surface area contributed by atoms with Crippen LogP contribution in [0.2, 0.25) is 0 Å². The number of nitrogens with one attached hydrogen (secondary N) is 1. The highest BCUT2D eigenvalue weighted by molar-refractivity contribution is 7.98. The molecule has 116 valence electrons. The van der Waals surface area contributed by atoms with Crippen LogP contribution in [0.25, 0.3) is 6.08 Å². The van der Waals surface area contributed by atoms with Gasteiger partial charge < -0.3 is 10.1 Å². The van der Waals surface area contributed by atoms with E-state index in [1.165, 1.54) is 0 Å². The molecule has 2 rings (SSSR count). The molecule has 0 saturated heterocycles. The molecule has 0 aliphatic carbocycles. The van der Waals surface area contributed by atoms with E-state index in [1.54, 1.807) is 49.2 Å². The predicted molar refractivity (Wildman–Crippen MR) is 93.4 cm³/mol. The maximum atomic E-state index is 12.2. The summed E-state index contributed by atoms with van der Waals surface area (Å²) in [6, 6.07) is 16.6. The van der Waals surface area contributed by atoms with Gasteiger partial charge in [-0.25, -0.2) is 0 Å². The summed E-state index contributed by atoms with van der Waals surface area (Å²) in [6.45, 7) is 0. The number of ether oxygens (including phenoxy) is 1. The minimum absolute atomic E-state index is 0.0460. The van der Waals surface area contributed by atoms with Gasteiger partial charge in [0.05, 0.1) is 7.11 Å². The zero-order valence-electron chi connectivity index (χ0n) is 12.9. The summed E-state index contributed by atoms with van der Waals surface area (Å²) < 4.78 is 5.11. The van der Waals surface area contributed by atoms with Gasteiger partial charge in [0.25, 0.3) is 5.91 Å². The predicted octanol–water partition coefficient (Wildman–Crippen LogP) is 3.96. The number of carbonyl (C=O) groups is 1. The van der Waals surface area contributed by atoms with Crippen LogP contribution in [0.5, 0.6) is 5.75 Å². The summed E-state index contributed by atoms with van der Waals surface area (Å²) in [4.78, 5) is 13.4. The van der Waals surface area contributed by atoms with Gasteiger partial charge >= 0.3 is 0 Å². The summed E-state index contributed by atoms with van der Waals surface area (Å²) in [5.74, 6) is 0.188. The number of amides is 1. The molecule has 0 radical (unpaired) electrons. The Hall–Kier alpha value is -2.71. The quantitative estimate of drug-likeness (QED) is 0.514. The molecule has 1 amide bonds. The highest BCUT2D eigenvalue weighted by Crippen LogP contribution is 2.19.